The summed E-state index contributed by atoms with van der Waals surface area (Å²) in [4.78, 5) is 26.5. The van der Waals surface area contributed by atoms with Crippen molar-refractivity contribution in [3.63, 3.8) is 0 Å². The Bertz CT molecular complexity index is 822. The van der Waals surface area contributed by atoms with E-state index in [0.29, 0.717) is 28.7 Å². The number of methoxy groups -OCH3 is 1. The van der Waals surface area contributed by atoms with Crippen molar-refractivity contribution in [3.8, 4) is 5.75 Å². The molecule has 1 aliphatic heterocycles. The molecule has 0 unspecified atom stereocenters. The van der Waals surface area contributed by atoms with Gasteiger partial charge >= 0.3 is 0 Å². The summed E-state index contributed by atoms with van der Waals surface area (Å²) in [5, 5.41) is 3.30. The topological polar surface area (TPSA) is 58.6 Å². The molecule has 130 valence electrons. The van der Waals surface area contributed by atoms with Crippen LogP contribution < -0.4 is 15.0 Å². The van der Waals surface area contributed by atoms with E-state index in [0.717, 1.165) is 5.56 Å². The zero-order valence-corrected chi connectivity index (χ0v) is 14.8. The van der Waals surface area contributed by atoms with Gasteiger partial charge in [-0.2, -0.15) is 0 Å². The van der Waals surface area contributed by atoms with Gasteiger partial charge in [0.05, 0.1) is 29.4 Å². The molecule has 1 fully saturated rings. The summed E-state index contributed by atoms with van der Waals surface area (Å²) < 4.78 is 5.31. The number of nitrogens with zero attached hydrogens (tertiary/aromatic N) is 1. The summed E-state index contributed by atoms with van der Waals surface area (Å²) in [5.74, 6) is -0.135. The second-order valence-corrected chi connectivity index (χ2v) is 6.46. The fourth-order valence-corrected chi connectivity index (χ4v) is 3.21. The Balaban J connectivity index is 1.74. The molecule has 0 spiro atoms. The van der Waals surface area contributed by atoms with Crippen LogP contribution in [0.2, 0.25) is 5.02 Å². The lowest BCUT2D eigenvalue weighted by Crippen LogP contribution is -2.28. The van der Waals surface area contributed by atoms with E-state index >= 15 is 0 Å². The van der Waals surface area contributed by atoms with E-state index < -0.39 is 5.92 Å². The summed E-state index contributed by atoms with van der Waals surface area (Å²) in [6.45, 7) is 2.24. The molecule has 1 aliphatic rings. The van der Waals surface area contributed by atoms with Gasteiger partial charge in [-0.3, -0.25) is 9.59 Å². The number of carbonyl (C=O) groups excluding carboxylic acids is 2. The molecule has 1 saturated heterocycles. The van der Waals surface area contributed by atoms with Gasteiger partial charge in [-0.25, -0.2) is 0 Å². The van der Waals surface area contributed by atoms with Crippen molar-refractivity contribution in [2.75, 3.05) is 23.9 Å². The maximum Gasteiger partial charge on any atom is 0.229 e. The Labute approximate surface area is 151 Å². The molecule has 2 aromatic rings. The van der Waals surface area contributed by atoms with Crippen molar-refractivity contribution in [2.45, 2.75) is 13.3 Å². The van der Waals surface area contributed by atoms with Crippen molar-refractivity contribution in [3.05, 3.63) is 53.1 Å². The van der Waals surface area contributed by atoms with Crippen molar-refractivity contribution in [2.24, 2.45) is 5.92 Å². The highest BCUT2D eigenvalue weighted by atomic mass is 35.5. The van der Waals surface area contributed by atoms with E-state index in [4.69, 9.17) is 16.3 Å². The van der Waals surface area contributed by atoms with E-state index in [2.05, 4.69) is 5.32 Å². The van der Waals surface area contributed by atoms with Gasteiger partial charge in [0.15, 0.2) is 0 Å². The fraction of sp³-hybridized carbons (Fsp3) is 0.263. The van der Waals surface area contributed by atoms with Gasteiger partial charge in [0.2, 0.25) is 11.8 Å². The fourth-order valence-electron chi connectivity index (χ4n) is 2.93. The van der Waals surface area contributed by atoms with E-state index in [-0.39, 0.29) is 18.2 Å². The molecule has 1 atom stereocenters. The van der Waals surface area contributed by atoms with E-state index in [1.54, 1.807) is 30.2 Å². The number of hydrogen-bond donors (Lipinski definition) is 1. The number of amides is 2. The van der Waals surface area contributed by atoms with Crippen molar-refractivity contribution >= 4 is 34.8 Å². The Kier molecular flexibility index (Phi) is 4.95. The monoisotopic (exact) mass is 358 g/mol. The van der Waals surface area contributed by atoms with Crippen LogP contribution in [0.3, 0.4) is 0 Å². The Morgan fingerprint density at radius 1 is 1.28 bits per heavy atom. The van der Waals surface area contributed by atoms with Crippen molar-refractivity contribution in [1.29, 1.82) is 0 Å². The number of anilines is 2. The van der Waals surface area contributed by atoms with Gasteiger partial charge in [0.25, 0.3) is 0 Å². The van der Waals surface area contributed by atoms with Gasteiger partial charge in [-0.05, 0) is 36.8 Å². The minimum Gasteiger partial charge on any atom is -0.495 e. The van der Waals surface area contributed by atoms with Gasteiger partial charge in [-0.1, -0.05) is 29.8 Å². The van der Waals surface area contributed by atoms with Crippen molar-refractivity contribution in [1.82, 2.24) is 0 Å². The van der Waals surface area contributed by atoms with Gasteiger partial charge in [0, 0.05) is 13.0 Å². The highest BCUT2D eigenvalue weighted by molar-refractivity contribution is 6.33. The third-order valence-corrected chi connectivity index (χ3v) is 4.57. The number of nitrogens with one attached hydrogen (secondary N) is 1. The number of halogens is 1. The van der Waals surface area contributed by atoms with Crippen LogP contribution in [0.1, 0.15) is 12.0 Å². The zero-order valence-electron chi connectivity index (χ0n) is 14.1. The minimum atomic E-state index is -0.435. The molecule has 6 heteroatoms. The molecular formula is C19H19ClN2O3. The summed E-state index contributed by atoms with van der Waals surface area (Å²) in [7, 11) is 1.56. The highest BCUT2D eigenvalue weighted by Crippen LogP contribution is 2.33. The number of benzene rings is 2. The van der Waals surface area contributed by atoms with Crippen LogP contribution in [-0.2, 0) is 9.59 Å². The molecule has 25 heavy (non-hydrogen) atoms. The molecule has 2 amide bonds. The lowest BCUT2D eigenvalue weighted by atomic mass is 10.1. The maximum atomic E-state index is 12.5. The largest absolute Gasteiger partial charge is 0.495 e. The quantitative estimate of drug-likeness (QED) is 0.907. The third-order valence-electron chi connectivity index (χ3n) is 4.25. The standard InChI is InChI=1S/C19H19ClN2O3/c1-12-7-8-15(14(20)9-12)21-19(24)13-10-18(23)22(11-13)16-5-3-4-6-17(16)25-2/h3-9,13H,10-11H2,1-2H3,(H,21,24)/t13-/m0/s1. The summed E-state index contributed by atoms with van der Waals surface area (Å²) in [6, 6.07) is 12.7. The van der Waals surface area contributed by atoms with E-state index in [1.165, 1.54) is 0 Å². The summed E-state index contributed by atoms with van der Waals surface area (Å²) >= 11 is 6.16. The number of carbonyl (C=O) groups is 2. The molecule has 1 N–H and O–H groups in total. The second-order valence-electron chi connectivity index (χ2n) is 6.05. The minimum absolute atomic E-state index is 0.0975. The number of hydrogen-bond acceptors (Lipinski definition) is 3. The lowest BCUT2D eigenvalue weighted by molar-refractivity contribution is -0.122. The first kappa shape index (κ1) is 17.3. The van der Waals surface area contributed by atoms with Crippen molar-refractivity contribution < 1.29 is 14.3 Å². The molecule has 3 rings (SSSR count). The number of aryl methyl sites for hydroxylation is 1. The lowest BCUT2D eigenvalue weighted by Gasteiger charge is -2.19. The zero-order chi connectivity index (χ0) is 18.0. The molecule has 0 aromatic heterocycles. The summed E-state index contributed by atoms with van der Waals surface area (Å²) in [5.41, 5.74) is 2.25. The first-order valence-corrected chi connectivity index (χ1v) is 8.38. The molecule has 0 bridgehead atoms. The number of para-hydroxylation sites is 2. The number of ether oxygens (including phenoxy) is 1. The SMILES string of the molecule is COc1ccccc1N1C[C@@H](C(=O)Nc2ccc(C)cc2Cl)CC1=O. The molecule has 0 radical (unpaired) electrons. The van der Waals surface area contributed by atoms with Crippen LogP contribution in [-0.4, -0.2) is 25.5 Å². The van der Waals surface area contributed by atoms with Crippen LogP contribution in [0.5, 0.6) is 5.75 Å². The smallest absolute Gasteiger partial charge is 0.229 e. The number of rotatable bonds is 4. The molecule has 0 aliphatic carbocycles. The molecule has 5 nitrogen and oxygen atoms in total. The first-order valence-electron chi connectivity index (χ1n) is 8.00. The predicted molar refractivity (Wildman–Crippen MR) is 98.3 cm³/mol. The molecule has 2 aromatic carbocycles. The van der Waals surface area contributed by atoms with Gasteiger partial charge in [0.1, 0.15) is 5.75 Å². The molecular weight excluding hydrogens is 340 g/mol. The Morgan fingerprint density at radius 3 is 2.76 bits per heavy atom. The Morgan fingerprint density at radius 2 is 2.04 bits per heavy atom. The van der Waals surface area contributed by atoms with Crippen LogP contribution in [0, 0.1) is 12.8 Å². The van der Waals surface area contributed by atoms with E-state index in [1.807, 2.05) is 31.2 Å². The molecule has 0 saturated carbocycles. The van der Waals surface area contributed by atoms with Crippen LogP contribution in [0.15, 0.2) is 42.5 Å². The van der Waals surface area contributed by atoms with Crippen LogP contribution in [0.25, 0.3) is 0 Å². The first-order chi connectivity index (χ1) is 12.0. The van der Waals surface area contributed by atoms with Gasteiger partial charge < -0.3 is 15.0 Å². The average Bonchev–Trinajstić information content (AvgIpc) is 2.99. The predicted octanol–water partition coefficient (Wildman–Crippen LogP) is 3.65. The van der Waals surface area contributed by atoms with Gasteiger partial charge in [-0.15, -0.1) is 0 Å². The van der Waals surface area contributed by atoms with Crippen LogP contribution in [0.4, 0.5) is 11.4 Å². The van der Waals surface area contributed by atoms with E-state index in [9.17, 15) is 9.59 Å². The third kappa shape index (κ3) is 3.61. The average molecular weight is 359 g/mol. The second kappa shape index (κ2) is 7.15. The highest BCUT2D eigenvalue weighted by Gasteiger charge is 2.36. The maximum absolute atomic E-state index is 12.5. The molecule has 1 heterocycles. The van der Waals surface area contributed by atoms with Crippen LogP contribution >= 0.6 is 11.6 Å². The summed E-state index contributed by atoms with van der Waals surface area (Å²) in [6.07, 6.45) is 0.160. The Hall–Kier alpha value is -2.53. The normalized spacial score (nSPS) is 16.8.